The second kappa shape index (κ2) is 9.62. The van der Waals surface area contributed by atoms with Crippen LogP contribution in [0.25, 0.3) is 44.5 Å². The Morgan fingerprint density at radius 1 is 1.03 bits per heavy atom. The number of H-pyrrole nitrogens is 2. The third kappa shape index (κ3) is 4.51. The summed E-state index contributed by atoms with van der Waals surface area (Å²) in [4.78, 5) is 33.9. The summed E-state index contributed by atoms with van der Waals surface area (Å²) in [5, 5.41) is 12.7. The zero-order valence-electron chi connectivity index (χ0n) is 21.0. The van der Waals surface area contributed by atoms with Gasteiger partial charge in [0, 0.05) is 61.3 Å². The molecule has 0 aliphatic carbocycles. The van der Waals surface area contributed by atoms with Crippen molar-refractivity contribution in [1.29, 1.82) is 0 Å². The molecule has 188 valence electrons. The van der Waals surface area contributed by atoms with Gasteiger partial charge in [-0.25, -0.2) is 4.98 Å². The first-order valence-corrected chi connectivity index (χ1v) is 12.6. The van der Waals surface area contributed by atoms with Crippen molar-refractivity contribution < 1.29 is 4.79 Å². The Hall–Kier alpha value is -4.31. The minimum atomic E-state index is -0.0220. The topological polar surface area (TPSA) is 119 Å². The van der Waals surface area contributed by atoms with Gasteiger partial charge in [0.1, 0.15) is 11.5 Å². The summed E-state index contributed by atoms with van der Waals surface area (Å²) in [6, 6.07) is 8.04. The van der Waals surface area contributed by atoms with Crippen LogP contribution in [0, 0.1) is 0 Å². The fourth-order valence-corrected chi connectivity index (χ4v) is 4.82. The van der Waals surface area contributed by atoms with Crippen molar-refractivity contribution in [3.8, 4) is 22.6 Å². The fraction of sp³-hybridized carbons (Fsp3) is 0.296. The van der Waals surface area contributed by atoms with Crippen molar-refractivity contribution in [2.24, 2.45) is 0 Å². The highest BCUT2D eigenvalue weighted by Crippen LogP contribution is 2.33. The molecule has 1 aliphatic heterocycles. The zero-order chi connectivity index (χ0) is 25.4. The first kappa shape index (κ1) is 23.1. The Morgan fingerprint density at radius 2 is 1.89 bits per heavy atom. The lowest BCUT2D eigenvalue weighted by Gasteiger charge is -2.33. The highest BCUT2D eigenvalue weighted by molar-refractivity contribution is 5.99. The largest absolute Gasteiger partial charge is 0.353 e. The molecule has 1 amide bonds. The van der Waals surface area contributed by atoms with Gasteiger partial charge in [-0.3, -0.25) is 19.9 Å². The lowest BCUT2D eigenvalue weighted by atomic mass is 10.1. The number of nitrogens with one attached hydrogen (secondary N) is 3. The van der Waals surface area contributed by atoms with Crippen LogP contribution in [0.1, 0.15) is 19.8 Å². The van der Waals surface area contributed by atoms with E-state index in [4.69, 9.17) is 4.98 Å². The standard InChI is InChI=1S/C27H29N9O/c1-3-4-25(37)31-18-11-17(14-28-15-18)22-12-19-24(16-30-22)33-34-26(19)23-13-20-21(32-23)5-6-29-27(20)36-9-7-35(2)8-10-36/h5-6,11-16,32H,3-4,7-10H2,1-2H3,(H,31,37)(H,33,34). The summed E-state index contributed by atoms with van der Waals surface area (Å²) in [6.45, 7) is 5.93. The van der Waals surface area contributed by atoms with Gasteiger partial charge in [0.15, 0.2) is 0 Å². The third-order valence-electron chi connectivity index (χ3n) is 6.83. The van der Waals surface area contributed by atoms with Crippen LogP contribution in [0.15, 0.2) is 49.1 Å². The monoisotopic (exact) mass is 495 g/mol. The van der Waals surface area contributed by atoms with Crippen LogP contribution < -0.4 is 10.2 Å². The minimum absolute atomic E-state index is 0.0220. The molecule has 37 heavy (non-hydrogen) atoms. The molecule has 0 bridgehead atoms. The number of pyridine rings is 3. The van der Waals surface area contributed by atoms with E-state index in [1.165, 1.54) is 0 Å². The van der Waals surface area contributed by atoms with E-state index in [9.17, 15) is 4.79 Å². The van der Waals surface area contributed by atoms with E-state index >= 15 is 0 Å². The van der Waals surface area contributed by atoms with Crippen LogP contribution in [-0.4, -0.2) is 74.2 Å². The van der Waals surface area contributed by atoms with Crippen LogP contribution in [-0.2, 0) is 4.79 Å². The summed E-state index contributed by atoms with van der Waals surface area (Å²) < 4.78 is 0. The number of carbonyl (C=O) groups is 1. The molecule has 10 heteroatoms. The maximum atomic E-state index is 12.0. The van der Waals surface area contributed by atoms with Crippen molar-refractivity contribution in [2.45, 2.75) is 19.8 Å². The highest BCUT2D eigenvalue weighted by Gasteiger charge is 2.20. The lowest BCUT2D eigenvalue weighted by Crippen LogP contribution is -2.44. The first-order chi connectivity index (χ1) is 18.1. The van der Waals surface area contributed by atoms with E-state index in [1.807, 2.05) is 31.3 Å². The molecule has 0 saturated carbocycles. The maximum absolute atomic E-state index is 12.0. The van der Waals surface area contributed by atoms with E-state index in [0.29, 0.717) is 12.1 Å². The molecule has 6 rings (SSSR count). The molecule has 5 aromatic rings. The predicted molar refractivity (Wildman–Crippen MR) is 145 cm³/mol. The third-order valence-corrected chi connectivity index (χ3v) is 6.83. The van der Waals surface area contributed by atoms with E-state index in [1.54, 1.807) is 18.6 Å². The predicted octanol–water partition coefficient (Wildman–Crippen LogP) is 4.05. The van der Waals surface area contributed by atoms with Gasteiger partial charge in [0.2, 0.25) is 5.91 Å². The van der Waals surface area contributed by atoms with Gasteiger partial charge in [-0.2, -0.15) is 5.10 Å². The fourth-order valence-electron chi connectivity index (χ4n) is 4.82. The van der Waals surface area contributed by atoms with Crippen molar-refractivity contribution >= 4 is 39.2 Å². The highest BCUT2D eigenvalue weighted by atomic mass is 16.1. The summed E-state index contributed by atoms with van der Waals surface area (Å²) >= 11 is 0. The number of likely N-dealkylation sites (N-methyl/N-ethyl adjacent to an activating group) is 1. The number of aromatic amines is 2. The summed E-state index contributed by atoms with van der Waals surface area (Å²) in [5.41, 5.74) is 5.84. The summed E-state index contributed by atoms with van der Waals surface area (Å²) in [6.07, 6.45) is 8.31. The van der Waals surface area contributed by atoms with Crippen LogP contribution in [0.2, 0.25) is 0 Å². The molecule has 0 radical (unpaired) electrons. The Balaban J connectivity index is 1.35. The number of aromatic nitrogens is 6. The van der Waals surface area contributed by atoms with Crippen molar-refractivity contribution in [3.05, 3.63) is 49.1 Å². The molecule has 1 saturated heterocycles. The van der Waals surface area contributed by atoms with Crippen molar-refractivity contribution in [2.75, 3.05) is 43.4 Å². The molecule has 0 aromatic carbocycles. The van der Waals surface area contributed by atoms with Gasteiger partial charge >= 0.3 is 0 Å². The van der Waals surface area contributed by atoms with Gasteiger partial charge in [0.25, 0.3) is 0 Å². The molecule has 3 N–H and O–H groups in total. The molecule has 5 aromatic heterocycles. The first-order valence-electron chi connectivity index (χ1n) is 12.6. The molecule has 0 spiro atoms. The molecule has 6 heterocycles. The van der Waals surface area contributed by atoms with Gasteiger partial charge in [-0.1, -0.05) is 6.92 Å². The molecule has 10 nitrogen and oxygen atoms in total. The minimum Gasteiger partial charge on any atom is -0.353 e. The number of piperazine rings is 1. The SMILES string of the molecule is CCCC(=O)Nc1cncc(-c2cc3c(-c4cc5c(N6CCN(C)CC6)nccc5[nH]4)n[nH]c3cn2)c1. The number of hydrogen-bond acceptors (Lipinski definition) is 7. The number of hydrogen-bond donors (Lipinski definition) is 3. The number of fused-ring (bicyclic) bond motifs is 2. The number of anilines is 2. The van der Waals surface area contributed by atoms with E-state index in [2.05, 4.69) is 53.4 Å². The van der Waals surface area contributed by atoms with E-state index < -0.39 is 0 Å². The Bertz CT molecular complexity index is 1580. The smallest absolute Gasteiger partial charge is 0.224 e. The van der Waals surface area contributed by atoms with Gasteiger partial charge in [-0.15, -0.1) is 0 Å². The number of rotatable bonds is 6. The molecule has 0 unspecified atom stereocenters. The molecular formula is C27H29N9O. The second-order valence-electron chi connectivity index (χ2n) is 9.52. The van der Waals surface area contributed by atoms with Crippen LogP contribution in [0.4, 0.5) is 11.5 Å². The van der Waals surface area contributed by atoms with Crippen LogP contribution >= 0.6 is 0 Å². The Labute approximate surface area is 214 Å². The summed E-state index contributed by atoms with van der Waals surface area (Å²) in [7, 11) is 2.15. The molecule has 1 fully saturated rings. The number of nitrogens with zero attached hydrogens (tertiary/aromatic N) is 6. The average molecular weight is 496 g/mol. The maximum Gasteiger partial charge on any atom is 0.224 e. The van der Waals surface area contributed by atoms with Crippen LogP contribution in [0.3, 0.4) is 0 Å². The van der Waals surface area contributed by atoms with Gasteiger partial charge in [-0.05, 0) is 37.7 Å². The Kier molecular flexibility index (Phi) is 6.01. The number of carbonyl (C=O) groups excluding carboxylic acids is 1. The van der Waals surface area contributed by atoms with Crippen molar-refractivity contribution in [3.63, 3.8) is 0 Å². The Morgan fingerprint density at radius 3 is 2.73 bits per heavy atom. The molecular weight excluding hydrogens is 466 g/mol. The molecule has 1 aliphatic rings. The second-order valence-corrected chi connectivity index (χ2v) is 9.52. The van der Waals surface area contributed by atoms with Crippen molar-refractivity contribution in [1.82, 2.24) is 35.0 Å². The van der Waals surface area contributed by atoms with E-state index in [0.717, 1.165) is 82.9 Å². The quantitative estimate of drug-likeness (QED) is 0.325. The van der Waals surface area contributed by atoms with Gasteiger partial charge in [0.05, 0.1) is 40.5 Å². The molecule has 0 atom stereocenters. The van der Waals surface area contributed by atoms with Crippen LogP contribution in [0.5, 0.6) is 0 Å². The lowest BCUT2D eigenvalue weighted by molar-refractivity contribution is -0.116. The normalized spacial score (nSPS) is 14.5. The van der Waals surface area contributed by atoms with Gasteiger partial charge < -0.3 is 20.1 Å². The average Bonchev–Trinajstić information content (AvgIpc) is 3.53. The summed E-state index contributed by atoms with van der Waals surface area (Å²) in [5.74, 6) is 0.981. The van der Waals surface area contributed by atoms with E-state index in [-0.39, 0.29) is 5.91 Å². The zero-order valence-corrected chi connectivity index (χ0v) is 21.0. The number of amides is 1.